The minimum Gasteiger partial charge on any atom is -0.368 e. The Hall–Kier alpha value is -1.40. The first kappa shape index (κ1) is 15.5. The van der Waals surface area contributed by atoms with Gasteiger partial charge in [-0.05, 0) is 39.8 Å². The third kappa shape index (κ3) is 3.03. The molecule has 122 valence electrons. The first-order chi connectivity index (χ1) is 10.5. The minimum absolute atomic E-state index is 0.235. The molecule has 0 unspecified atom stereocenters. The van der Waals surface area contributed by atoms with Gasteiger partial charge in [-0.25, -0.2) is 4.98 Å². The smallest absolute Gasteiger partial charge is 0.222 e. The van der Waals surface area contributed by atoms with E-state index < -0.39 is 0 Å². The number of hydrogen-bond acceptors (Lipinski definition) is 6. The van der Waals surface area contributed by atoms with Crippen molar-refractivity contribution < 1.29 is 0 Å². The van der Waals surface area contributed by atoms with E-state index in [2.05, 4.69) is 34.3 Å². The van der Waals surface area contributed by atoms with Crippen molar-refractivity contribution in [3.63, 3.8) is 0 Å². The van der Waals surface area contributed by atoms with Crippen LogP contribution < -0.4 is 16.8 Å². The van der Waals surface area contributed by atoms with Gasteiger partial charge < -0.3 is 21.7 Å². The Morgan fingerprint density at radius 2 is 1.95 bits per heavy atom. The number of hydrogen-bond donors (Lipinski definition) is 3. The maximum absolute atomic E-state index is 5.88. The Morgan fingerprint density at radius 1 is 1.27 bits per heavy atom. The van der Waals surface area contributed by atoms with Gasteiger partial charge in [0.2, 0.25) is 5.95 Å². The maximum Gasteiger partial charge on any atom is 0.222 e. The number of aromatic nitrogens is 2. The SMILES string of the molecule is CN(C)C1(CNc2cc(C3CC(N)C3)nc(N)n2)CCCC1. The standard InChI is InChI=1S/C16H28N6/c1-22(2)16(5-3-4-6-16)10-19-14-9-13(20-15(18)21-14)11-7-12(17)8-11/h9,11-12H,3-8,10,17H2,1-2H3,(H3,18,19,20,21). The average Bonchev–Trinajstić information content (AvgIpc) is 2.91. The normalized spacial score (nSPS) is 26.9. The molecular formula is C16H28N6. The number of nitrogens with two attached hydrogens (primary N) is 2. The van der Waals surface area contributed by atoms with E-state index in [-0.39, 0.29) is 5.54 Å². The lowest BCUT2D eigenvalue weighted by molar-refractivity contribution is 0.172. The molecule has 0 atom stereocenters. The summed E-state index contributed by atoms with van der Waals surface area (Å²) in [6.45, 7) is 0.903. The van der Waals surface area contributed by atoms with Crippen molar-refractivity contribution in [2.75, 3.05) is 31.7 Å². The molecule has 2 fully saturated rings. The summed E-state index contributed by atoms with van der Waals surface area (Å²) in [6, 6.07) is 2.36. The van der Waals surface area contributed by atoms with Gasteiger partial charge in [0.25, 0.3) is 0 Å². The first-order valence-corrected chi connectivity index (χ1v) is 8.30. The van der Waals surface area contributed by atoms with Crippen LogP contribution in [0.5, 0.6) is 0 Å². The van der Waals surface area contributed by atoms with Crippen molar-refractivity contribution in [1.82, 2.24) is 14.9 Å². The largest absolute Gasteiger partial charge is 0.368 e. The van der Waals surface area contributed by atoms with E-state index in [0.29, 0.717) is 17.9 Å². The second kappa shape index (κ2) is 6.01. The van der Waals surface area contributed by atoms with Gasteiger partial charge in [-0.15, -0.1) is 0 Å². The number of rotatable bonds is 5. The highest BCUT2D eigenvalue weighted by Gasteiger charge is 2.36. The van der Waals surface area contributed by atoms with E-state index in [1.807, 2.05) is 6.07 Å². The van der Waals surface area contributed by atoms with Gasteiger partial charge in [0.15, 0.2) is 0 Å². The Bertz CT molecular complexity index is 517. The second-order valence-electron chi connectivity index (χ2n) is 7.14. The van der Waals surface area contributed by atoms with Crippen LogP contribution in [-0.4, -0.2) is 47.1 Å². The summed E-state index contributed by atoms with van der Waals surface area (Å²) in [5.74, 6) is 1.64. The maximum atomic E-state index is 5.88. The number of nitrogen functional groups attached to an aromatic ring is 1. The minimum atomic E-state index is 0.235. The van der Waals surface area contributed by atoms with Crippen LogP contribution in [0, 0.1) is 0 Å². The zero-order valence-electron chi connectivity index (χ0n) is 13.7. The van der Waals surface area contributed by atoms with Gasteiger partial charge in [0.05, 0.1) is 5.69 Å². The van der Waals surface area contributed by atoms with Crippen molar-refractivity contribution in [3.05, 3.63) is 11.8 Å². The van der Waals surface area contributed by atoms with Crippen molar-refractivity contribution in [3.8, 4) is 0 Å². The monoisotopic (exact) mass is 304 g/mol. The summed E-state index contributed by atoms with van der Waals surface area (Å²) < 4.78 is 0. The predicted octanol–water partition coefficient (Wildman–Crippen LogP) is 1.55. The molecule has 1 aromatic rings. The number of anilines is 2. The molecule has 0 radical (unpaired) electrons. The van der Waals surface area contributed by atoms with Crippen molar-refractivity contribution in [2.24, 2.45) is 5.73 Å². The lowest BCUT2D eigenvalue weighted by atomic mass is 9.78. The summed E-state index contributed by atoms with van der Waals surface area (Å²) in [4.78, 5) is 11.1. The highest BCUT2D eigenvalue weighted by molar-refractivity contribution is 5.42. The van der Waals surface area contributed by atoms with Crippen LogP contribution in [0.4, 0.5) is 11.8 Å². The van der Waals surface area contributed by atoms with Crippen LogP contribution in [0.3, 0.4) is 0 Å². The van der Waals surface area contributed by atoms with E-state index in [4.69, 9.17) is 11.5 Å². The lowest BCUT2D eigenvalue weighted by Crippen LogP contribution is -2.47. The second-order valence-corrected chi connectivity index (χ2v) is 7.14. The van der Waals surface area contributed by atoms with E-state index in [0.717, 1.165) is 30.9 Å². The molecule has 0 spiro atoms. The van der Waals surface area contributed by atoms with Crippen molar-refractivity contribution >= 4 is 11.8 Å². The van der Waals surface area contributed by atoms with Gasteiger partial charge in [0.1, 0.15) is 5.82 Å². The van der Waals surface area contributed by atoms with Gasteiger partial charge in [-0.1, -0.05) is 12.8 Å². The molecule has 3 rings (SSSR count). The topological polar surface area (TPSA) is 93.1 Å². The number of nitrogens with zero attached hydrogens (tertiary/aromatic N) is 3. The van der Waals surface area contributed by atoms with E-state index in [1.165, 1.54) is 25.7 Å². The molecule has 1 aromatic heterocycles. The molecule has 2 aliphatic carbocycles. The molecule has 6 nitrogen and oxygen atoms in total. The summed E-state index contributed by atoms with van der Waals surface area (Å²) in [7, 11) is 4.34. The van der Waals surface area contributed by atoms with Crippen LogP contribution in [0.15, 0.2) is 6.07 Å². The average molecular weight is 304 g/mol. The molecule has 2 aliphatic rings. The van der Waals surface area contributed by atoms with Crippen molar-refractivity contribution in [2.45, 2.75) is 56.0 Å². The molecule has 5 N–H and O–H groups in total. The third-order valence-corrected chi connectivity index (χ3v) is 5.44. The molecule has 1 heterocycles. The van der Waals surface area contributed by atoms with E-state index >= 15 is 0 Å². The predicted molar refractivity (Wildman–Crippen MR) is 89.8 cm³/mol. The van der Waals surface area contributed by atoms with Crippen LogP contribution in [0.1, 0.15) is 50.1 Å². The molecule has 2 saturated carbocycles. The number of nitrogens with one attached hydrogen (secondary N) is 1. The highest BCUT2D eigenvalue weighted by atomic mass is 15.2. The molecular weight excluding hydrogens is 276 g/mol. The van der Waals surface area contributed by atoms with Crippen LogP contribution >= 0.6 is 0 Å². The summed E-state index contributed by atoms with van der Waals surface area (Å²) in [5, 5.41) is 3.50. The molecule has 0 aromatic carbocycles. The lowest BCUT2D eigenvalue weighted by Gasteiger charge is -2.37. The molecule has 6 heteroatoms. The third-order valence-electron chi connectivity index (χ3n) is 5.44. The number of likely N-dealkylation sites (N-methyl/N-ethyl adjacent to an activating group) is 1. The van der Waals surface area contributed by atoms with E-state index in [9.17, 15) is 0 Å². The van der Waals surface area contributed by atoms with Gasteiger partial charge in [-0.3, -0.25) is 0 Å². The van der Waals surface area contributed by atoms with E-state index in [1.54, 1.807) is 0 Å². The Balaban J connectivity index is 1.69. The zero-order chi connectivity index (χ0) is 15.7. The fourth-order valence-electron chi connectivity index (χ4n) is 3.76. The quantitative estimate of drug-likeness (QED) is 0.764. The molecule has 0 saturated heterocycles. The molecule has 22 heavy (non-hydrogen) atoms. The fourth-order valence-corrected chi connectivity index (χ4v) is 3.76. The summed E-state index contributed by atoms with van der Waals surface area (Å²) >= 11 is 0. The zero-order valence-corrected chi connectivity index (χ0v) is 13.7. The van der Waals surface area contributed by atoms with Gasteiger partial charge >= 0.3 is 0 Å². The van der Waals surface area contributed by atoms with Crippen LogP contribution in [-0.2, 0) is 0 Å². The highest BCUT2D eigenvalue weighted by Crippen LogP contribution is 2.36. The molecule has 0 amide bonds. The van der Waals surface area contributed by atoms with Crippen molar-refractivity contribution in [1.29, 1.82) is 0 Å². The Labute approximate surface area is 132 Å². The summed E-state index contributed by atoms with van der Waals surface area (Å²) in [6.07, 6.45) is 7.07. The Kier molecular flexibility index (Phi) is 4.23. The fraction of sp³-hybridized carbons (Fsp3) is 0.750. The molecule has 0 aliphatic heterocycles. The Morgan fingerprint density at radius 3 is 2.55 bits per heavy atom. The first-order valence-electron chi connectivity index (χ1n) is 8.30. The van der Waals surface area contributed by atoms with Gasteiger partial charge in [0, 0.05) is 30.1 Å². The van der Waals surface area contributed by atoms with Crippen LogP contribution in [0.2, 0.25) is 0 Å². The van der Waals surface area contributed by atoms with Crippen LogP contribution in [0.25, 0.3) is 0 Å². The van der Waals surface area contributed by atoms with Gasteiger partial charge in [-0.2, -0.15) is 4.98 Å². The molecule has 0 bridgehead atoms. The summed E-state index contributed by atoms with van der Waals surface area (Å²) in [5.41, 5.74) is 13.0.